The van der Waals surface area contributed by atoms with Gasteiger partial charge in [-0.2, -0.15) is 0 Å². The smallest absolute Gasteiger partial charge is 0.164 e. The molecule has 0 aliphatic rings. The van der Waals surface area contributed by atoms with Gasteiger partial charge in [-0.1, -0.05) is 152 Å². The van der Waals surface area contributed by atoms with Crippen LogP contribution in [0, 0.1) is 0 Å². The zero-order valence-electron chi connectivity index (χ0n) is 26.3. The molecule has 0 amide bonds. The first kappa shape index (κ1) is 27.5. The van der Waals surface area contributed by atoms with E-state index < -0.39 is 0 Å². The Morgan fingerprint density at radius 2 is 0.939 bits per heavy atom. The molecule has 228 valence electrons. The maximum Gasteiger partial charge on any atom is 0.164 e. The number of fused-ring (bicyclic) bond motifs is 8. The highest BCUT2D eigenvalue weighted by molar-refractivity contribution is 6.23. The largest absolute Gasteiger partial charge is 0.455 e. The fourth-order valence-corrected chi connectivity index (χ4v) is 7.28. The standard InChI is InChI=1S/C45H27N3O/c1-3-13-28(14-4-1)33-21-11-22-36-41-37(23-12-24-39(41)49-42(33)36)44-46-43(30-16-5-2-6-17-30)47-45(48-44)38-27-31-26-25-29-15-7-8-18-32(29)40(31)35-20-10-9-19-34(35)38/h1-27H. The number of rotatable bonds is 4. The Morgan fingerprint density at radius 3 is 1.76 bits per heavy atom. The predicted octanol–water partition coefficient (Wildman–Crippen LogP) is 11.9. The molecule has 49 heavy (non-hydrogen) atoms. The Labute approximate surface area is 282 Å². The highest BCUT2D eigenvalue weighted by Crippen LogP contribution is 2.42. The summed E-state index contributed by atoms with van der Waals surface area (Å²) in [6, 6.07) is 56.8. The van der Waals surface area contributed by atoms with Crippen LogP contribution in [0.15, 0.2) is 168 Å². The van der Waals surface area contributed by atoms with E-state index in [1.807, 2.05) is 48.5 Å². The number of furan rings is 1. The van der Waals surface area contributed by atoms with Crippen LogP contribution in [0.25, 0.3) is 99.5 Å². The van der Waals surface area contributed by atoms with Gasteiger partial charge in [0.2, 0.25) is 0 Å². The predicted molar refractivity (Wildman–Crippen MR) is 201 cm³/mol. The van der Waals surface area contributed by atoms with Crippen LogP contribution in [0.4, 0.5) is 0 Å². The lowest BCUT2D eigenvalue weighted by atomic mass is 9.93. The number of hydrogen-bond donors (Lipinski definition) is 0. The van der Waals surface area contributed by atoms with E-state index in [0.29, 0.717) is 17.5 Å². The van der Waals surface area contributed by atoms with Crippen molar-refractivity contribution in [3.05, 3.63) is 164 Å². The summed E-state index contributed by atoms with van der Waals surface area (Å²) in [5.74, 6) is 1.85. The van der Waals surface area contributed by atoms with E-state index in [1.165, 1.54) is 21.5 Å². The number of benzene rings is 8. The van der Waals surface area contributed by atoms with Crippen molar-refractivity contribution < 1.29 is 4.42 Å². The third-order valence-electron chi connectivity index (χ3n) is 9.50. The molecule has 4 heteroatoms. The summed E-state index contributed by atoms with van der Waals surface area (Å²) in [5, 5.41) is 9.12. The molecular weight excluding hydrogens is 599 g/mol. The van der Waals surface area contributed by atoms with Crippen LogP contribution < -0.4 is 0 Å². The van der Waals surface area contributed by atoms with Gasteiger partial charge in [0.25, 0.3) is 0 Å². The van der Waals surface area contributed by atoms with Gasteiger partial charge in [-0.05, 0) is 50.0 Å². The van der Waals surface area contributed by atoms with Crippen LogP contribution in [0.2, 0.25) is 0 Å². The van der Waals surface area contributed by atoms with Gasteiger partial charge in [0.15, 0.2) is 17.5 Å². The first-order chi connectivity index (χ1) is 24.3. The number of aromatic nitrogens is 3. The molecular formula is C45H27N3O. The van der Waals surface area contributed by atoms with Crippen LogP contribution in [0.3, 0.4) is 0 Å². The zero-order chi connectivity index (χ0) is 32.3. The molecule has 10 rings (SSSR count). The van der Waals surface area contributed by atoms with Gasteiger partial charge in [-0.25, -0.2) is 15.0 Å². The Balaban J connectivity index is 1.26. The first-order valence-corrected chi connectivity index (χ1v) is 16.5. The molecule has 2 aromatic heterocycles. The summed E-state index contributed by atoms with van der Waals surface area (Å²) in [4.78, 5) is 15.6. The summed E-state index contributed by atoms with van der Waals surface area (Å²) in [7, 11) is 0. The van der Waals surface area contributed by atoms with Crippen molar-refractivity contribution in [3.63, 3.8) is 0 Å². The Bertz CT molecular complexity index is 2880. The summed E-state index contributed by atoms with van der Waals surface area (Å²) < 4.78 is 6.60. The Morgan fingerprint density at radius 1 is 0.347 bits per heavy atom. The molecule has 0 aliphatic carbocycles. The minimum atomic E-state index is 0.602. The SMILES string of the molecule is c1ccc(-c2nc(-c3cc4ccc5ccccc5c4c4ccccc34)nc(-c3cccc4oc5c(-c6ccccc6)cccc5c34)n2)cc1. The van der Waals surface area contributed by atoms with Gasteiger partial charge >= 0.3 is 0 Å². The van der Waals surface area contributed by atoms with Crippen LogP contribution in [-0.2, 0) is 0 Å². The van der Waals surface area contributed by atoms with Crippen molar-refractivity contribution in [2.75, 3.05) is 0 Å². The third kappa shape index (κ3) is 4.42. The van der Waals surface area contributed by atoms with Crippen LogP contribution in [0.5, 0.6) is 0 Å². The van der Waals surface area contributed by atoms with Crippen LogP contribution in [0.1, 0.15) is 0 Å². The average molecular weight is 626 g/mol. The maximum atomic E-state index is 6.60. The third-order valence-corrected chi connectivity index (χ3v) is 9.50. The molecule has 8 aromatic carbocycles. The summed E-state index contributed by atoms with van der Waals surface area (Å²) in [6.45, 7) is 0. The van der Waals surface area contributed by atoms with E-state index in [2.05, 4.69) is 115 Å². The van der Waals surface area contributed by atoms with Crippen molar-refractivity contribution in [2.45, 2.75) is 0 Å². The Kier molecular flexibility index (Phi) is 6.15. The lowest BCUT2D eigenvalue weighted by molar-refractivity contribution is 0.670. The van der Waals surface area contributed by atoms with E-state index >= 15 is 0 Å². The van der Waals surface area contributed by atoms with Crippen molar-refractivity contribution in [2.24, 2.45) is 0 Å². The molecule has 2 heterocycles. The maximum absolute atomic E-state index is 6.60. The lowest BCUT2D eigenvalue weighted by Gasteiger charge is -2.14. The van der Waals surface area contributed by atoms with Crippen molar-refractivity contribution >= 4 is 54.3 Å². The normalized spacial score (nSPS) is 11.7. The molecule has 0 atom stereocenters. The molecule has 0 unspecified atom stereocenters. The van der Waals surface area contributed by atoms with E-state index in [-0.39, 0.29) is 0 Å². The molecule has 0 N–H and O–H groups in total. The summed E-state index contributed by atoms with van der Waals surface area (Å²) in [5.41, 5.74) is 6.60. The van der Waals surface area contributed by atoms with Gasteiger partial charge < -0.3 is 4.42 Å². The summed E-state index contributed by atoms with van der Waals surface area (Å²) >= 11 is 0. The topological polar surface area (TPSA) is 51.8 Å². The van der Waals surface area contributed by atoms with Crippen molar-refractivity contribution in [1.29, 1.82) is 0 Å². The molecule has 0 aliphatic heterocycles. The van der Waals surface area contributed by atoms with E-state index in [9.17, 15) is 0 Å². The Hall–Kier alpha value is -6.65. The fourth-order valence-electron chi connectivity index (χ4n) is 7.28. The van der Waals surface area contributed by atoms with E-state index in [4.69, 9.17) is 19.4 Å². The summed E-state index contributed by atoms with van der Waals surface area (Å²) in [6.07, 6.45) is 0. The molecule has 10 aromatic rings. The molecule has 0 radical (unpaired) electrons. The second-order valence-electron chi connectivity index (χ2n) is 12.4. The van der Waals surface area contributed by atoms with Gasteiger partial charge in [0.05, 0.1) is 0 Å². The van der Waals surface area contributed by atoms with Gasteiger partial charge in [0, 0.05) is 33.0 Å². The monoisotopic (exact) mass is 625 g/mol. The van der Waals surface area contributed by atoms with Crippen molar-refractivity contribution in [1.82, 2.24) is 15.0 Å². The van der Waals surface area contributed by atoms with Crippen molar-refractivity contribution in [3.8, 4) is 45.3 Å². The second kappa shape index (κ2) is 11.0. The first-order valence-electron chi connectivity index (χ1n) is 16.5. The molecule has 0 spiro atoms. The lowest BCUT2D eigenvalue weighted by Crippen LogP contribution is -2.01. The van der Waals surface area contributed by atoms with Crippen LogP contribution in [-0.4, -0.2) is 15.0 Å². The van der Waals surface area contributed by atoms with E-state index in [1.54, 1.807) is 0 Å². The van der Waals surface area contributed by atoms with Gasteiger partial charge in [-0.15, -0.1) is 0 Å². The average Bonchev–Trinajstić information content (AvgIpc) is 3.57. The van der Waals surface area contributed by atoms with Crippen LogP contribution >= 0.6 is 0 Å². The molecule has 0 fully saturated rings. The molecule has 0 saturated carbocycles. The number of nitrogens with zero attached hydrogens (tertiary/aromatic N) is 3. The number of para-hydroxylation sites is 1. The molecule has 4 nitrogen and oxygen atoms in total. The molecule has 0 saturated heterocycles. The highest BCUT2D eigenvalue weighted by Gasteiger charge is 2.21. The van der Waals surface area contributed by atoms with Gasteiger partial charge in [0.1, 0.15) is 11.2 Å². The van der Waals surface area contributed by atoms with E-state index in [0.717, 1.165) is 60.5 Å². The minimum absolute atomic E-state index is 0.602. The van der Waals surface area contributed by atoms with Gasteiger partial charge in [-0.3, -0.25) is 0 Å². The molecule has 0 bridgehead atoms. The zero-order valence-corrected chi connectivity index (χ0v) is 26.3. The second-order valence-corrected chi connectivity index (χ2v) is 12.4. The quantitative estimate of drug-likeness (QED) is 0.183. The minimum Gasteiger partial charge on any atom is -0.455 e. The fraction of sp³-hybridized carbons (Fsp3) is 0. The number of hydrogen-bond acceptors (Lipinski definition) is 4. The highest BCUT2D eigenvalue weighted by atomic mass is 16.3.